The number of ether oxygens (including phenoxy) is 1. The second kappa shape index (κ2) is 11.4. The molecular weight excluding hydrogens is 507 g/mol. The molecule has 0 saturated heterocycles. The number of rotatable bonds is 7. The van der Waals surface area contributed by atoms with Crippen molar-refractivity contribution >= 4 is 35.8 Å². The second-order valence-corrected chi connectivity index (χ2v) is 8.10. The standard InChI is InChI=1S/C23H32N4O3.HI/c1-5-24-22(26-13-8-12-25-21(28)20-16(2)11-14-29-20)27-18-15-23(3,4)30-19-10-7-6-9-17(18)19;/h6-7,9-11,14,18H,5,8,12-13,15H2,1-4H3,(H,25,28)(H2,24,26,27);1H. The number of carbonyl (C=O) groups is 1. The van der Waals surface area contributed by atoms with Gasteiger partial charge in [0, 0.05) is 37.2 Å². The highest BCUT2D eigenvalue weighted by molar-refractivity contribution is 14.0. The summed E-state index contributed by atoms with van der Waals surface area (Å²) < 4.78 is 11.3. The molecule has 1 aliphatic rings. The molecule has 7 nitrogen and oxygen atoms in total. The Morgan fingerprint density at radius 2 is 2.00 bits per heavy atom. The van der Waals surface area contributed by atoms with Gasteiger partial charge in [0.2, 0.25) is 0 Å². The molecule has 8 heteroatoms. The quantitative estimate of drug-likeness (QED) is 0.212. The van der Waals surface area contributed by atoms with Gasteiger partial charge >= 0.3 is 0 Å². The lowest BCUT2D eigenvalue weighted by atomic mass is 9.90. The number of aliphatic imine (C=N–C) groups is 1. The van der Waals surface area contributed by atoms with Crippen molar-refractivity contribution in [3.05, 3.63) is 53.5 Å². The van der Waals surface area contributed by atoms with E-state index < -0.39 is 0 Å². The number of guanidine groups is 1. The third kappa shape index (κ3) is 6.88. The molecule has 3 rings (SSSR count). The number of halogens is 1. The Hall–Kier alpha value is -2.23. The number of fused-ring (bicyclic) bond motifs is 1. The van der Waals surface area contributed by atoms with Crippen LogP contribution in [0.4, 0.5) is 0 Å². The minimum atomic E-state index is -0.252. The lowest BCUT2D eigenvalue weighted by molar-refractivity contribution is 0.0694. The van der Waals surface area contributed by atoms with Crippen LogP contribution in [0.5, 0.6) is 5.75 Å². The molecule has 2 heterocycles. The van der Waals surface area contributed by atoms with Crippen molar-refractivity contribution < 1.29 is 13.9 Å². The molecule has 1 aromatic carbocycles. The summed E-state index contributed by atoms with van der Waals surface area (Å²) in [5.41, 5.74) is 1.73. The molecule has 0 aliphatic carbocycles. The number of furan rings is 1. The van der Waals surface area contributed by atoms with Crippen molar-refractivity contribution in [2.24, 2.45) is 4.99 Å². The first-order chi connectivity index (χ1) is 14.4. The van der Waals surface area contributed by atoms with Gasteiger partial charge in [-0.15, -0.1) is 24.0 Å². The van der Waals surface area contributed by atoms with E-state index in [4.69, 9.17) is 9.15 Å². The third-order valence-electron chi connectivity index (χ3n) is 4.99. The average Bonchev–Trinajstić information content (AvgIpc) is 3.13. The molecule has 0 radical (unpaired) electrons. The Kier molecular flexibility index (Phi) is 9.21. The molecule has 1 atom stereocenters. The van der Waals surface area contributed by atoms with E-state index in [0.29, 0.717) is 18.8 Å². The zero-order valence-electron chi connectivity index (χ0n) is 18.7. The van der Waals surface area contributed by atoms with Crippen LogP contribution in [-0.2, 0) is 0 Å². The number of nitrogens with zero attached hydrogens (tertiary/aromatic N) is 1. The van der Waals surface area contributed by atoms with Gasteiger partial charge in [-0.3, -0.25) is 9.79 Å². The van der Waals surface area contributed by atoms with Crippen molar-refractivity contribution in [1.82, 2.24) is 16.0 Å². The van der Waals surface area contributed by atoms with Gasteiger partial charge in [-0.25, -0.2) is 0 Å². The van der Waals surface area contributed by atoms with Crippen molar-refractivity contribution in [1.29, 1.82) is 0 Å². The normalized spacial score (nSPS) is 17.0. The van der Waals surface area contributed by atoms with Gasteiger partial charge in [-0.1, -0.05) is 18.2 Å². The van der Waals surface area contributed by atoms with Crippen molar-refractivity contribution in [2.75, 3.05) is 19.6 Å². The fourth-order valence-electron chi connectivity index (χ4n) is 3.57. The van der Waals surface area contributed by atoms with E-state index in [1.165, 1.54) is 6.26 Å². The third-order valence-corrected chi connectivity index (χ3v) is 4.99. The zero-order valence-corrected chi connectivity index (χ0v) is 21.0. The van der Waals surface area contributed by atoms with Crippen LogP contribution in [0.25, 0.3) is 0 Å². The first-order valence-electron chi connectivity index (χ1n) is 10.5. The highest BCUT2D eigenvalue weighted by Crippen LogP contribution is 2.39. The summed E-state index contributed by atoms with van der Waals surface area (Å²) in [7, 11) is 0. The van der Waals surface area contributed by atoms with E-state index in [2.05, 4.69) is 40.9 Å². The van der Waals surface area contributed by atoms with E-state index in [9.17, 15) is 4.79 Å². The van der Waals surface area contributed by atoms with Crippen LogP contribution in [0, 0.1) is 6.92 Å². The van der Waals surface area contributed by atoms with Crippen LogP contribution in [0.15, 0.2) is 46.0 Å². The Labute approximate surface area is 201 Å². The van der Waals surface area contributed by atoms with Crippen molar-refractivity contribution in [3.8, 4) is 5.75 Å². The summed E-state index contributed by atoms with van der Waals surface area (Å²) in [6.45, 7) is 10.0. The predicted octanol–water partition coefficient (Wildman–Crippen LogP) is 4.18. The number of hydrogen-bond acceptors (Lipinski definition) is 4. The maximum atomic E-state index is 12.1. The lowest BCUT2D eigenvalue weighted by Crippen LogP contribution is -2.45. The molecule has 1 aromatic heterocycles. The van der Waals surface area contributed by atoms with Gasteiger partial charge in [0.15, 0.2) is 11.7 Å². The molecule has 1 unspecified atom stereocenters. The maximum Gasteiger partial charge on any atom is 0.287 e. The lowest BCUT2D eigenvalue weighted by Gasteiger charge is -2.38. The first kappa shape index (κ1) is 25.0. The van der Waals surface area contributed by atoms with Crippen LogP contribution in [0.3, 0.4) is 0 Å². The topological polar surface area (TPSA) is 87.9 Å². The van der Waals surface area contributed by atoms with Gasteiger partial charge in [-0.2, -0.15) is 0 Å². The van der Waals surface area contributed by atoms with Gasteiger partial charge in [0.25, 0.3) is 5.91 Å². The Balaban J connectivity index is 0.00000341. The summed E-state index contributed by atoms with van der Waals surface area (Å²) in [6, 6.07) is 10.0. The number of carbonyl (C=O) groups excluding carboxylic acids is 1. The van der Waals surface area contributed by atoms with Crippen molar-refractivity contribution in [3.63, 3.8) is 0 Å². The minimum Gasteiger partial charge on any atom is -0.487 e. The van der Waals surface area contributed by atoms with E-state index in [1.807, 2.05) is 32.0 Å². The zero-order chi connectivity index (χ0) is 21.6. The monoisotopic (exact) mass is 540 g/mol. The van der Waals surface area contributed by atoms with Crippen molar-refractivity contribution in [2.45, 2.75) is 52.2 Å². The van der Waals surface area contributed by atoms with Crippen LogP contribution >= 0.6 is 24.0 Å². The van der Waals surface area contributed by atoms with Gasteiger partial charge < -0.3 is 25.1 Å². The van der Waals surface area contributed by atoms with Crippen LogP contribution in [0.2, 0.25) is 0 Å². The van der Waals surface area contributed by atoms with Gasteiger partial charge in [-0.05, 0) is 46.2 Å². The SMILES string of the molecule is CCNC(=NCCCNC(=O)c1occc1C)NC1CC(C)(C)Oc2ccccc21.I. The van der Waals surface area contributed by atoms with E-state index in [1.54, 1.807) is 6.07 Å². The summed E-state index contributed by atoms with van der Waals surface area (Å²) in [5, 5.41) is 9.75. The van der Waals surface area contributed by atoms with Crippen LogP contribution in [0.1, 0.15) is 61.3 Å². The molecule has 0 spiro atoms. The Morgan fingerprint density at radius 3 is 2.71 bits per heavy atom. The minimum absolute atomic E-state index is 0. The highest BCUT2D eigenvalue weighted by Gasteiger charge is 2.33. The number of aryl methyl sites for hydroxylation is 1. The smallest absolute Gasteiger partial charge is 0.287 e. The summed E-state index contributed by atoms with van der Waals surface area (Å²) in [6.07, 6.45) is 3.10. The molecule has 0 saturated carbocycles. The fraction of sp³-hybridized carbons (Fsp3) is 0.478. The molecule has 2 aromatic rings. The molecular formula is C23H33IN4O3. The second-order valence-electron chi connectivity index (χ2n) is 8.10. The number of amides is 1. The fourth-order valence-corrected chi connectivity index (χ4v) is 3.57. The first-order valence-corrected chi connectivity index (χ1v) is 10.5. The number of para-hydroxylation sites is 1. The molecule has 1 amide bonds. The largest absolute Gasteiger partial charge is 0.487 e. The number of benzene rings is 1. The molecule has 170 valence electrons. The van der Waals surface area contributed by atoms with Gasteiger partial charge in [0.1, 0.15) is 11.4 Å². The number of hydrogen-bond donors (Lipinski definition) is 3. The summed E-state index contributed by atoms with van der Waals surface area (Å²) in [4.78, 5) is 16.8. The summed E-state index contributed by atoms with van der Waals surface area (Å²) in [5.74, 6) is 1.86. The average molecular weight is 540 g/mol. The summed E-state index contributed by atoms with van der Waals surface area (Å²) >= 11 is 0. The number of nitrogens with one attached hydrogen (secondary N) is 3. The van der Waals surface area contributed by atoms with E-state index in [0.717, 1.165) is 42.2 Å². The Morgan fingerprint density at radius 1 is 1.23 bits per heavy atom. The maximum absolute atomic E-state index is 12.1. The molecule has 1 aliphatic heterocycles. The Bertz CT molecular complexity index is 894. The molecule has 0 bridgehead atoms. The van der Waals surface area contributed by atoms with E-state index in [-0.39, 0.29) is 41.5 Å². The molecule has 3 N–H and O–H groups in total. The van der Waals surface area contributed by atoms with E-state index >= 15 is 0 Å². The molecule has 0 fully saturated rings. The highest BCUT2D eigenvalue weighted by atomic mass is 127. The molecule has 31 heavy (non-hydrogen) atoms. The van der Waals surface area contributed by atoms with Crippen LogP contribution < -0.4 is 20.7 Å². The van der Waals surface area contributed by atoms with Gasteiger partial charge in [0.05, 0.1) is 12.3 Å². The van der Waals surface area contributed by atoms with Crippen LogP contribution in [-0.4, -0.2) is 37.1 Å². The predicted molar refractivity (Wildman–Crippen MR) is 133 cm³/mol.